The average Bonchev–Trinajstić information content (AvgIpc) is 2.76. The van der Waals surface area contributed by atoms with E-state index in [-0.39, 0.29) is 0 Å². The molecule has 0 saturated heterocycles. The molecular weight excluding hydrogens is 238 g/mol. The van der Waals surface area contributed by atoms with Crippen LogP contribution in [0.3, 0.4) is 0 Å². The SMILES string of the molecule is ClCCCNCCNc1nc2ccccc2o1. The zero-order valence-electron chi connectivity index (χ0n) is 9.58. The predicted molar refractivity (Wildman–Crippen MR) is 70.7 cm³/mol. The number of fused-ring (bicyclic) bond motifs is 1. The molecule has 0 aliphatic rings. The molecule has 0 atom stereocenters. The summed E-state index contributed by atoms with van der Waals surface area (Å²) in [6.45, 7) is 2.60. The molecule has 0 aliphatic carbocycles. The number of para-hydroxylation sites is 2. The lowest BCUT2D eigenvalue weighted by Gasteiger charge is -2.03. The first-order valence-corrected chi connectivity index (χ1v) is 6.30. The van der Waals surface area contributed by atoms with Crippen LogP contribution in [0.15, 0.2) is 28.7 Å². The van der Waals surface area contributed by atoms with Gasteiger partial charge in [0.2, 0.25) is 0 Å². The molecule has 0 radical (unpaired) electrons. The van der Waals surface area contributed by atoms with Crippen molar-refractivity contribution in [2.75, 3.05) is 30.8 Å². The van der Waals surface area contributed by atoms with Gasteiger partial charge < -0.3 is 15.1 Å². The standard InChI is InChI=1S/C12H16ClN3O/c13-6-3-7-14-8-9-15-12-16-10-4-1-2-5-11(10)17-12/h1-2,4-5,14H,3,6-9H2,(H,15,16). The summed E-state index contributed by atoms with van der Waals surface area (Å²) in [7, 11) is 0. The van der Waals surface area contributed by atoms with Gasteiger partial charge in [-0.2, -0.15) is 4.98 Å². The zero-order valence-corrected chi connectivity index (χ0v) is 10.3. The lowest BCUT2D eigenvalue weighted by Crippen LogP contribution is -2.23. The Morgan fingerprint density at radius 3 is 2.88 bits per heavy atom. The van der Waals surface area contributed by atoms with Crippen molar-refractivity contribution in [3.8, 4) is 0 Å². The third kappa shape index (κ3) is 3.61. The smallest absolute Gasteiger partial charge is 0.295 e. The molecule has 0 amide bonds. The number of oxazole rings is 1. The van der Waals surface area contributed by atoms with Crippen LogP contribution >= 0.6 is 11.6 Å². The number of hydrogen-bond acceptors (Lipinski definition) is 4. The first-order valence-electron chi connectivity index (χ1n) is 5.76. The first-order chi connectivity index (χ1) is 8.40. The number of anilines is 1. The van der Waals surface area contributed by atoms with Crippen molar-refractivity contribution >= 4 is 28.7 Å². The van der Waals surface area contributed by atoms with Crippen LogP contribution in [0, 0.1) is 0 Å². The van der Waals surface area contributed by atoms with Crippen LogP contribution < -0.4 is 10.6 Å². The van der Waals surface area contributed by atoms with E-state index in [9.17, 15) is 0 Å². The van der Waals surface area contributed by atoms with Gasteiger partial charge in [-0.05, 0) is 25.1 Å². The van der Waals surface area contributed by atoms with Gasteiger partial charge in [0.25, 0.3) is 6.01 Å². The molecule has 0 spiro atoms. The van der Waals surface area contributed by atoms with E-state index in [1.807, 2.05) is 24.3 Å². The highest BCUT2D eigenvalue weighted by atomic mass is 35.5. The molecule has 2 rings (SSSR count). The summed E-state index contributed by atoms with van der Waals surface area (Å²) < 4.78 is 5.52. The molecule has 4 nitrogen and oxygen atoms in total. The molecule has 1 heterocycles. The van der Waals surface area contributed by atoms with Crippen molar-refractivity contribution in [1.82, 2.24) is 10.3 Å². The number of nitrogens with one attached hydrogen (secondary N) is 2. The number of benzene rings is 1. The molecular formula is C12H16ClN3O. The van der Waals surface area contributed by atoms with Gasteiger partial charge >= 0.3 is 0 Å². The highest BCUT2D eigenvalue weighted by molar-refractivity contribution is 6.17. The quantitative estimate of drug-likeness (QED) is 0.588. The van der Waals surface area contributed by atoms with Crippen molar-refractivity contribution in [2.24, 2.45) is 0 Å². The molecule has 5 heteroatoms. The van der Waals surface area contributed by atoms with Crippen molar-refractivity contribution in [3.05, 3.63) is 24.3 Å². The number of nitrogens with zero attached hydrogens (tertiary/aromatic N) is 1. The molecule has 2 N–H and O–H groups in total. The minimum Gasteiger partial charge on any atom is -0.424 e. The summed E-state index contributed by atoms with van der Waals surface area (Å²) in [4.78, 5) is 4.32. The average molecular weight is 254 g/mol. The monoisotopic (exact) mass is 253 g/mol. The topological polar surface area (TPSA) is 50.1 Å². The Morgan fingerprint density at radius 2 is 2.06 bits per heavy atom. The van der Waals surface area contributed by atoms with Crippen LogP contribution in [0.2, 0.25) is 0 Å². The van der Waals surface area contributed by atoms with Gasteiger partial charge in [-0.25, -0.2) is 0 Å². The second-order valence-corrected chi connectivity index (χ2v) is 4.08. The van der Waals surface area contributed by atoms with Crippen LogP contribution in [-0.4, -0.2) is 30.5 Å². The zero-order chi connectivity index (χ0) is 11.9. The van der Waals surface area contributed by atoms with Gasteiger partial charge in [-0.1, -0.05) is 12.1 Å². The van der Waals surface area contributed by atoms with E-state index in [0.29, 0.717) is 11.9 Å². The molecule has 0 saturated carbocycles. The lowest BCUT2D eigenvalue weighted by molar-refractivity contribution is 0.608. The third-order valence-corrected chi connectivity index (χ3v) is 2.63. The number of rotatable bonds is 7. The fraction of sp³-hybridized carbons (Fsp3) is 0.417. The van der Waals surface area contributed by atoms with Gasteiger partial charge in [0.05, 0.1) is 0 Å². The number of halogens is 1. The van der Waals surface area contributed by atoms with Crippen molar-refractivity contribution in [3.63, 3.8) is 0 Å². The molecule has 0 fully saturated rings. The number of aromatic nitrogens is 1. The lowest BCUT2D eigenvalue weighted by atomic mass is 10.3. The van der Waals surface area contributed by atoms with Crippen LogP contribution in [0.5, 0.6) is 0 Å². The van der Waals surface area contributed by atoms with E-state index < -0.39 is 0 Å². The Balaban J connectivity index is 1.75. The van der Waals surface area contributed by atoms with Gasteiger partial charge in [-0.15, -0.1) is 11.6 Å². The molecule has 17 heavy (non-hydrogen) atoms. The van der Waals surface area contributed by atoms with E-state index in [4.69, 9.17) is 16.0 Å². The van der Waals surface area contributed by atoms with E-state index in [0.717, 1.165) is 37.2 Å². The second-order valence-electron chi connectivity index (χ2n) is 3.71. The fourth-order valence-corrected chi connectivity index (χ4v) is 1.66. The molecule has 2 aromatic rings. The van der Waals surface area contributed by atoms with E-state index in [2.05, 4.69) is 15.6 Å². The maximum absolute atomic E-state index is 5.57. The Hall–Kier alpha value is -1.26. The van der Waals surface area contributed by atoms with E-state index in [1.165, 1.54) is 0 Å². The summed E-state index contributed by atoms with van der Waals surface area (Å²) in [6, 6.07) is 8.30. The summed E-state index contributed by atoms with van der Waals surface area (Å²) in [5, 5.41) is 6.41. The fourth-order valence-electron chi connectivity index (χ4n) is 1.52. The molecule has 92 valence electrons. The highest BCUT2D eigenvalue weighted by Gasteiger charge is 2.02. The number of hydrogen-bond donors (Lipinski definition) is 2. The van der Waals surface area contributed by atoms with Gasteiger partial charge in [0.1, 0.15) is 5.52 Å². The predicted octanol–water partition coefficient (Wildman–Crippen LogP) is 2.46. The van der Waals surface area contributed by atoms with Crippen LogP contribution in [-0.2, 0) is 0 Å². The summed E-state index contributed by atoms with van der Waals surface area (Å²) in [6.07, 6.45) is 0.991. The van der Waals surface area contributed by atoms with E-state index in [1.54, 1.807) is 0 Å². The van der Waals surface area contributed by atoms with Crippen LogP contribution in [0.25, 0.3) is 11.1 Å². The van der Waals surface area contributed by atoms with Crippen molar-refractivity contribution < 1.29 is 4.42 Å². The maximum Gasteiger partial charge on any atom is 0.295 e. The summed E-state index contributed by atoms with van der Waals surface area (Å²) in [5.74, 6) is 0.700. The van der Waals surface area contributed by atoms with Crippen molar-refractivity contribution in [1.29, 1.82) is 0 Å². The maximum atomic E-state index is 5.57. The number of alkyl halides is 1. The normalized spacial score (nSPS) is 10.9. The van der Waals surface area contributed by atoms with E-state index >= 15 is 0 Å². The molecule has 0 unspecified atom stereocenters. The molecule has 1 aromatic heterocycles. The Labute approximate surface area is 105 Å². The molecule has 1 aromatic carbocycles. The Kier molecular flexibility index (Phi) is 4.64. The Morgan fingerprint density at radius 1 is 1.18 bits per heavy atom. The summed E-state index contributed by atoms with van der Waals surface area (Å²) >= 11 is 5.57. The second kappa shape index (κ2) is 6.47. The van der Waals surface area contributed by atoms with Gasteiger partial charge in [0, 0.05) is 19.0 Å². The minimum atomic E-state index is 0.574. The Bertz CT molecular complexity index is 425. The van der Waals surface area contributed by atoms with Gasteiger partial charge in [0.15, 0.2) is 5.58 Å². The van der Waals surface area contributed by atoms with Crippen molar-refractivity contribution in [2.45, 2.75) is 6.42 Å². The van der Waals surface area contributed by atoms with Crippen LogP contribution in [0.4, 0.5) is 6.01 Å². The third-order valence-electron chi connectivity index (χ3n) is 2.36. The largest absolute Gasteiger partial charge is 0.424 e. The highest BCUT2D eigenvalue weighted by Crippen LogP contribution is 2.17. The van der Waals surface area contributed by atoms with Gasteiger partial charge in [-0.3, -0.25) is 0 Å². The van der Waals surface area contributed by atoms with Crippen LogP contribution in [0.1, 0.15) is 6.42 Å². The first kappa shape index (κ1) is 12.2. The minimum absolute atomic E-state index is 0.574. The molecule has 0 aliphatic heterocycles. The summed E-state index contributed by atoms with van der Waals surface area (Å²) in [5.41, 5.74) is 1.69. The molecule has 0 bridgehead atoms.